The number of aromatic nitrogens is 8. The fraction of sp³-hybridized carbons (Fsp3) is 0.184. The quantitative estimate of drug-likeness (QED) is 0.0496. The van der Waals surface area contributed by atoms with Gasteiger partial charge in [0, 0.05) is 98.5 Å². The lowest BCUT2D eigenvalue weighted by molar-refractivity contribution is -0.619. The number of nitrogen functional groups attached to an aromatic ring is 1. The molecule has 1 amide bonds. The molecule has 6 N–H and O–H groups in total. The van der Waals surface area contributed by atoms with Crippen LogP contribution >= 0.6 is 23.2 Å². The molecule has 0 spiro atoms. The van der Waals surface area contributed by atoms with E-state index >= 15 is 0 Å². The number of hydrogen-bond acceptors (Lipinski definition) is 13. The van der Waals surface area contributed by atoms with Crippen LogP contribution in [0.1, 0.15) is 66.2 Å². The number of halogens is 4. The van der Waals surface area contributed by atoms with E-state index in [1.807, 2.05) is 12.1 Å². The molecule has 22 heteroatoms. The van der Waals surface area contributed by atoms with Crippen LogP contribution in [0.4, 0.5) is 20.3 Å². The van der Waals surface area contributed by atoms with Crippen LogP contribution in [0.25, 0.3) is 39.1 Å². The number of aryl methyl sites for hydroxylation is 2. The summed E-state index contributed by atoms with van der Waals surface area (Å²) in [5, 5.41) is 64.3. The van der Waals surface area contributed by atoms with Crippen LogP contribution in [-0.2, 0) is 28.8 Å². The Bertz CT molecular complexity index is 3570. The molecule has 4 aliphatic rings. The number of rotatable bonds is 8. The zero-order valence-corrected chi connectivity index (χ0v) is 38.7. The highest BCUT2D eigenvalue weighted by molar-refractivity contribution is 6.31. The Morgan fingerprint density at radius 1 is 0.803 bits per heavy atom. The average molecular weight is 1000 g/mol. The SMILES string of the molecule is CC(=O)Nc1ccc(C2=CN=C(C3(O)CCc4cc(-c5cc(Cl)ccc5N)c[n+]([O-])c43)C2)c(F)n1.O=c1ccc(C2=CN=C(C3(O)CCc4cc(-c5cc(Cl)ccc5-n5cnnn5)c[n+]([O-])c43)C2)c(F)[nH]1. The van der Waals surface area contributed by atoms with Crippen molar-refractivity contribution < 1.29 is 33.2 Å². The number of pyridine rings is 4. The number of tetrazole rings is 1. The molecule has 5 aromatic heterocycles. The number of aromatic amines is 1. The minimum atomic E-state index is -1.61. The maximum absolute atomic E-state index is 14.6. The average Bonchev–Trinajstić information content (AvgIpc) is 4.19. The van der Waals surface area contributed by atoms with E-state index in [0.717, 1.165) is 0 Å². The lowest BCUT2D eigenvalue weighted by atomic mass is 9.89. The molecule has 71 heavy (non-hydrogen) atoms. The zero-order valence-electron chi connectivity index (χ0n) is 37.2. The van der Waals surface area contributed by atoms with Crippen LogP contribution in [0.15, 0.2) is 119 Å². The summed E-state index contributed by atoms with van der Waals surface area (Å²) in [6, 6.07) is 19.5. The van der Waals surface area contributed by atoms with Crippen LogP contribution in [0, 0.1) is 22.3 Å². The van der Waals surface area contributed by atoms with Gasteiger partial charge in [-0.25, -0.2) is 4.98 Å². The smallest absolute Gasteiger partial charge is 0.250 e. The van der Waals surface area contributed by atoms with Gasteiger partial charge in [-0.2, -0.15) is 22.9 Å². The van der Waals surface area contributed by atoms with Gasteiger partial charge in [0.2, 0.25) is 34.7 Å². The number of nitrogens with one attached hydrogen (secondary N) is 2. The molecular formula is C49H38Cl2F2N12O6. The van der Waals surface area contributed by atoms with E-state index in [1.54, 1.807) is 36.4 Å². The molecule has 0 fully saturated rings. The van der Waals surface area contributed by atoms with Crippen molar-refractivity contribution in [2.24, 2.45) is 9.98 Å². The normalized spacial score (nSPS) is 18.7. The minimum absolute atomic E-state index is 0.102. The highest BCUT2D eigenvalue weighted by atomic mass is 35.5. The van der Waals surface area contributed by atoms with Gasteiger partial charge in [-0.3, -0.25) is 24.6 Å². The second kappa shape index (κ2) is 18.0. The minimum Gasteiger partial charge on any atom is -0.618 e. The fourth-order valence-electron chi connectivity index (χ4n) is 9.55. The van der Waals surface area contributed by atoms with E-state index < -0.39 is 28.7 Å². The topological polar surface area (TPSA) is 264 Å². The number of benzene rings is 2. The van der Waals surface area contributed by atoms with Crippen molar-refractivity contribution in [1.29, 1.82) is 0 Å². The summed E-state index contributed by atoms with van der Waals surface area (Å²) in [7, 11) is 0. The largest absolute Gasteiger partial charge is 0.618 e. The van der Waals surface area contributed by atoms with Crippen molar-refractivity contribution in [3.8, 4) is 27.9 Å². The fourth-order valence-corrected chi connectivity index (χ4v) is 9.90. The summed E-state index contributed by atoms with van der Waals surface area (Å²) in [6.45, 7) is 1.31. The van der Waals surface area contributed by atoms with Crippen molar-refractivity contribution in [3.05, 3.63) is 180 Å². The Hall–Kier alpha value is -8.04. The van der Waals surface area contributed by atoms with Crippen molar-refractivity contribution >= 4 is 63.2 Å². The van der Waals surface area contributed by atoms with E-state index in [9.17, 15) is 39.0 Å². The number of hydrogen-bond donors (Lipinski definition) is 5. The van der Waals surface area contributed by atoms with Gasteiger partial charge in [0.1, 0.15) is 12.1 Å². The number of H-pyrrole nitrogens is 1. The van der Waals surface area contributed by atoms with Crippen LogP contribution in [-0.4, -0.2) is 57.7 Å². The number of aliphatic hydroxyl groups is 2. The number of allylic oxidation sites excluding steroid dienone is 2. The van der Waals surface area contributed by atoms with Crippen LogP contribution in [0.2, 0.25) is 10.0 Å². The lowest BCUT2D eigenvalue weighted by Gasteiger charge is -2.23. The van der Waals surface area contributed by atoms with E-state index in [0.29, 0.717) is 99.7 Å². The van der Waals surface area contributed by atoms with Crippen molar-refractivity contribution in [1.82, 2.24) is 30.2 Å². The Morgan fingerprint density at radius 2 is 1.38 bits per heavy atom. The number of nitrogens with zero attached hydrogens (tertiary/aromatic N) is 9. The van der Waals surface area contributed by atoms with Gasteiger partial charge in [-0.05, 0) is 114 Å². The summed E-state index contributed by atoms with van der Waals surface area (Å²) in [5.41, 5.74) is 9.77. The molecular weight excluding hydrogens is 962 g/mol. The molecule has 0 bridgehead atoms. The Labute approximate surface area is 411 Å². The first-order valence-electron chi connectivity index (χ1n) is 21.9. The maximum Gasteiger partial charge on any atom is 0.250 e. The van der Waals surface area contributed by atoms with Gasteiger partial charge in [0.05, 0.1) is 17.1 Å². The zero-order chi connectivity index (χ0) is 49.9. The Balaban J connectivity index is 0.000000164. The molecule has 2 atom stereocenters. The number of fused-ring (bicyclic) bond motifs is 2. The monoisotopic (exact) mass is 998 g/mol. The van der Waals surface area contributed by atoms with Gasteiger partial charge < -0.3 is 31.7 Å². The Kier molecular flexibility index (Phi) is 11.9. The predicted molar refractivity (Wildman–Crippen MR) is 259 cm³/mol. The van der Waals surface area contributed by atoms with E-state index in [-0.39, 0.29) is 59.9 Å². The third-order valence-electron chi connectivity index (χ3n) is 12.8. The molecule has 2 aliphatic carbocycles. The van der Waals surface area contributed by atoms with Crippen LogP contribution in [0.3, 0.4) is 0 Å². The molecule has 7 heterocycles. The third kappa shape index (κ3) is 8.60. The van der Waals surface area contributed by atoms with Crippen molar-refractivity contribution in [2.75, 3.05) is 11.1 Å². The van der Waals surface area contributed by atoms with Gasteiger partial charge in [0.15, 0.2) is 23.6 Å². The van der Waals surface area contributed by atoms with Gasteiger partial charge in [-0.15, -0.1) is 5.10 Å². The lowest BCUT2D eigenvalue weighted by Crippen LogP contribution is -2.45. The second-order valence-electron chi connectivity index (χ2n) is 17.3. The van der Waals surface area contributed by atoms with Gasteiger partial charge >= 0.3 is 0 Å². The number of anilines is 2. The first kappa shape index (κ1) is 46.7. The van der Waals surface area contributed by atoms with Gasteiger partial charge in [0.25, 0.3) is 0 Å². The number of nitrogens with two attached hydrogens (primary N) is 1. The maximum atomic E-state index is 14.6. The molecule has 18 nitrogen and oxygen atoms in total. The summed E-state index contributed by atoms with van der Waals surface area (Å²) in [4.78, 5) is 37.1. The molecule has 2 aromatic carbocycles. The molecule has 11 rings (SSSR count). The van der Waals surface area contributed by atoms with E-state index in [2.05, 4.69) is 40.8 Å². The number of carbonyl (C=O) groups excluding carboxylic acids is 1. The number of aliphatic imine (C=N–C) groups is 2. The van der Waals surface area contributed by atoms with Crippen molar-refractivity contribution in [2.45, 2.75) is 56.7 Å². The molecule has 2 aliphatic heterocycles. The van der Waals surface area contributed by atoms with Crippen molar-refractivity contribution in [3.63, 3.8) is 0 Å². The molecule has 0 radical (unpaired) electrons. The van der Waals surface area contributed by atoms with E-state index in [4.69, 9.17) is 28.9 Å². The highest BCUT2D eigenvalue weighted by Gasteiger charge is 2.51. The molecule has 0 saturated carbocycles. The predicted octanol–water partition coefficient (Wildman–Crippen LogP) is 6.20. The summed E-state index contributed by atoms with van der Waals surface area (Å²) in [6.07, 6.45) is 8.80. The second-order valence-corrected chi connectivity index (χ2v) is 18.2. The molecule has 2 unspecified atom stereocenters. The first-order valence-corrected chi connectivity index (χ1v) is 22.7. The molecule has 0 saturated heterocycles. The standard InChI is InChI=1S/C25H21ClFN5O3.C24H17ClFN7O3/c1-13(33)30-22-5-3-18(24(27)31-22)15-9-21(29-11-15)25(34)7-6-14-8-16(12-32(35)23(14)25)19-10-17(26)2-4-20(19)28;25-16-1-3-19(32-12-28-30-31-32)18(9-16)15-7-13-5-6-24(35,22(13)33(36)11-15)20-8-14(10-27-20)17-2-4-21(34)29-23(17)26/h2-5,8,10-12,34H,6-7,9,28H2,1H3,(H,30,31,33);1-4,7,9-12,35H,5-6,8H2,(H,29,34). The van der Waals surface area contributed by atoms with Gasteiger partial charge in [-0.1, -0.05) is 23.2 Å². The third-order valence-corrected chi connectivity index (χ3v) is 13.3. The first-order chi connectivity index (χ1) is 34.0. The summed E-state index contributed by atoms with van der Waals surface area (Å²) >= 11 is 12.4. The van der Waals surface area contributed by atoms with E-state index in [1.165, 1.54) is 67.0 Å². The molecule has 358 valence electrons. The summed E-state index contributed by atoms with van der Waals surface area (Å²) in [5.74, 6) is -1.79. The Morgan fingerprint density at radius 3 is 1.96 bits per heavy atom. The molecule has 7 aromatic rings. The number of carbonyl (C=O) groups is 1. The van der Waals surface area contributed by atoms with Crippen LogP contribution in [0.5, 0.6) is 0 Å². The summed E-state index contributed by atoms with van der Waals surface area (Å²) < 4.78 is 31.7. The highest BCUT2D eigenvalue weighted by Crippen LogP contribution is 2.44. The van der Waals surface area contributed by atoms with Crippen LogP contribution < -0.4 is 26.1 Å². The number of amides is 1.